The molecule has 5 nitrogen and oxygen atoms in total. The highest BCUT2D eigenvalue weighted by molar-refractivity contribution is 5.85. The molecular weight excluding hydrogens is 295 g/mol. The summed E-state index contributed by atoms with van der Waals surface area (Å²) in [5.74, 6) is 0. The average Bonchev–Trinajstić information content (AvgIpc) is 2.84. The second-order valence-electron chi connectivity index (χ2n) is 4.28. The van der Waals surface area contributed by atoms with Crippen LogP contribution in [0.25, 0.3) is 0 Å². The summed E-state index contributed by atoms with van der Waals surface area (Å²) in [5, 5.41) is 10.9. The van der Waals surface area contributed by atoms with Crippen LogP contribution in [-0.4, -0.2) is 25.7 Å². The molecule has 0 fully saturated rings. The monoisotopic (exact) mass is 309 g/mol. The molecule has 0 aliphatic heterocycles. The van der Waals surface area contributed by atoms with Gasteiger partial charge in [-0.05, 0) is 6.92 Å². The van der Waals surface area contributed by atoms with Gasteiger partial charge in [0, 0.05) is 25.4 Å². The van der Waals surface area contributed by atoms with Crippen molar-refractivity contribution in [1.82, 2.24) is 19.6 Å². The largest absolute Gasteiger partial charge is 0.408 e. The predicted octanol–water partition coefficient (Wildman–Crippen LogP) is 2.52. The number of hydrogen-bond acceptors (Lipinski definition) is 3. The van der Waals surface area contributed by atoms with E-state index in [1.807, 2.05) is 14.0 Å². The zero-order valence-corrected chi connectivity index (χ0v) is 11.8. The standard InChI is InChI=1S/C11H14F3N5.ClH/c1-8-10(5-16-18(8)2)15-3-9-4-17-19(6-9)7-11(12,13)14;/h4-6,15H,3,7H2,1-2H3;1H. The predicted molar refractivity (Wildman–Crippen MR) is 70.8 cm³/mol. The minimum atomic E-state index is -4.25. The highest BCUT2D eigenvalue weighted by atomic mass is 35.5. The van der Waals surface area contributed by atoms with Crippen LogP contribution in [0, 0.1) is 6.92 Å². The molecule has 2 aromatic rings. The number of rotatable bonds is 4. The van der Waals surface area contributed by atoms with Crippen LogP contribution < -0.4 is 5.32 Å². The first-order valence-corrected chi connectivity index (χ1v) is 5.66. The fourth-order valence-corrected chi connectivity index (χ4v) is 1.64. The van der Waals surface area contributed by atoms with E-state index in [1.54, 1.807) is 10.9 Å². The number of alkyl halides is 3. The topological polar surface area (TPSA) is 47.7 Å². The van der Waals surface area contributed by atoms with Gasteiger partial charge in [0.05, 0.1) is 23.8 Å². The Kier molecular flexibility index (Phi) is 5.04. The summed E-state index contributed by atoms with van der Waals surface area (Å²) in [4.78, 5) is 0. The normalized spacial score (nSPS) is 11.2. The molecule has 2 aromatic heterocycles. The summed E-state index contributed by atoms with van der Waals surface area (Å²) < 4.78 is 39.1. The average molecular weight is 310 g/mol. The Morgan fingerprint density at radius 1 is 1.25 bits per heavy atom. The summed E-state index contributed by atoms with van der Waals surface area (Å²) in [6.45, 7) is 1.24. The number of nitrogens with one attached hydrogen (secondary N) is 1. The van der Waals surface area contributed by atoms with Crippen LogP contribution in [-0.2, 0) is 20.1 Å². The van der Waals surface area contributed by atoms with Gasteiger partial charge in [0.1, 0.15) is 6.54 Å². The Morgan fingerprint density at radius 3 is 2.50 bits per heavy atom. The van der Waals surface area contributed by atoms with E-state index in [-0.39, 0.29) is 12.4 Å². The van der Waals surface area contributed by atoms with Crippen LogP contribution in [0.3, 0.4) is 0 Å². The van der Waals surface area contributed by atoms with E-state index in [9.17, 15) is 13.2 Å². The molecular formula is C11H15ClF3N5. The molecule has 0 radical (unpaired) electrons. The van der Waals surface area contributed by atoms with Crippen molar-refractivity contribution in [2.24, 2.45) is 7.05 Å². The summed E-state index contributed by atoms with van der Waals surface area (Å²) >= 11 is 0. The van der Waals surface area contributed by atoms with E-state index in [1.165, 1.54) is 12.4 Å². The SMILES string of the molecule is Cc1c(NCc2cnn(CC(F)(F)F)c2)cnn1C.Cl. The first-order chi connectivity index (χ1) is 8.85. The van der Waals surface area contributed by atoms with Gasteiger partial charge in [-0.15, -0.1) is 12.4 Å². The zero-order valence-electron chi connectivity index (χ0n) is 11.0. The second kappa shape index (κ2) is 6.17. The summed E-state index contributed by atoms with van der Waals surface area (Å²) in [7, 11) is 1.82. The van der Waals surface area contributed by atoms with Gasteiger partial charge in [-0.25, -0.2) is 0 Å². The maximum Gasteiger partial charge on any atom is 0.408 e. The van der Waals surface area contributed by atoms with Gasteiger partial charge >= 0.3 is 6.18 Å². The van der Waals surface area contributed by atoms with Crippen molar-refractivity contribution in [3.63, 3.8) is 0 Å². The van der Waals surface area contributed by atoms with E-state index >= 15 is 0 Å². The van der Waals surface area contributed by atoms with Crippen molar-refractivity contribution in [2.75, 3.05) is 5.32 Å². The number of hydrogen-bond donors (Lipinski definition) is 1. The lowest BCUT2D eigenvalue weighted by atomic mass is 10.3. The van der Waals surface area contributed by atoms with Crippen LogP contribution >= 0.6 is 12.4 Å². The Hall–Kier alpha value is -1.70. The van der Waals surface area contributed by atoms with Crippen LogP contribution in [0.2, 0.25) is 0 Å². The molecule has 0 atom stereocenters. The van der Waals surface area contributed by atoms with E-state index in [0.29, 0.717) is 12.1 Å². The van der Waals surface area contributed by atoms with Crippen LogP contribution in [0.15, 0.2) is 18.6 Å². The molecule has 0 unspecified atom stereocenters. The van der Waals surface area contributed by atoms with Crippen molar-refractivity contribution in [3.8, 4) is 0 Å². The number of nitrogens with zero attached hydrogens (tertiary/aromatic N) is 4. The minimum absolute atomic E-state index is 0. The Labute approximate surface area is 120 Å². The molecule has 0 saturated heterocycles. The van der Waals surface area contributed by atoms with Crippen molar-refractivity contribution in [2.45, 2.75) is 26.2 Å². The van der Waals surface area contributed by atoms with Gasteiger partial charge in [0.25, 0.3) is 0 Å². The summed E-state index contributed by atoms with van der Waals surface area (Å²) in [6, 6.07) is 0. The van der Waals surface area contributed by atoms with Gasteiger partial charge < -0.3 is 5.32 Å². The zero-order chi connectivity index (χ0) is 14.0. The molecule has 2 rings (SSSR count). The molecule has 0 bridgehead atoms. The number of aryl methyl sites for hydroxylation is 1. The van der Waals surface area contributed by atoms with E-state index in [2.05, 4.69) is 15.5 Å². The van der Waals surface area contributed by atoms with Gasteiger partial charge in [-0.1, -0.05) is 0 Å². The molecule has 9 heteroatoms. The third kappa shape index (κ3) is 4.16. The molecule has 0 aliphatic carbocycles. The molecule has 0 saturated carbocycles. The van der Waals surface area contributed by atoms with Gasteiger partial charge in [-0.2, -0.15) is 23.4 Å². The lowest BCUT2D eigenvalue weighted by molar-refractivity contribution is -0.142. The molecule has 0 aliphatic rings. The number of halogens is 4. The van der Waals surface area contributed by atoms with Crippen molar-refractivity contribution in [3.05, 3.63) is 29.8 Å². The highest BCUT2D eigenvalue weighted by Crippen LogP contribution is 2.18. The van der Waals surface area contributed by atoms with Crippen LogP contribution in [0.4, 0.5) is 18.9 Å². The van der Waals surface area contributed by atoms with E-state index < -0.39 is 12.7 Å². The minimum Gasteiger partial charge on any atom is -0.378 e. The number of aromatic nitrogens is 4. The first-order valence-electron chi connectivity index (χ1n) is 5.66. The molecule has 1 N–H and O–H groups in total. The number of anilines is 1. The second-order valence-corrected chi connectivity index (χ2v) is 4.28. The van der Waals surface area contributed by atoms with E-state index in [4.69, 9.17) is 0 Å². The maximum absolute atomic E-state index is 12.2. The van der Waals surface area contributed by atoms with Crippen LogP contribution in [0.5, 0.6) is 0 Å². The fourth-order valence-electron chi connectivity index (χ4n) is 1.64. The van der Waals surface area contributed by atoms with Gasteiger partial charge in [0.2, 0.25) is 0 Å². The Bertz CT molecular complexity index is 561. The lowest BCUT2D eigenvalue weighted by Gasteiger charge is -2.05. The fraction of sp³-hybridized carbons (Fsp3) is 0.455. The van der Waals surface area contributed by atoms with Crippen molar-refractivity contribution >= 4 is 18.1 Å². The Balaban J connectivity index is 0.00000200. The smallest absolute Gasteiger partial charge is 0.378 e. The lowest BCUT2D eigenvalue weighted by Crippen LogP contribution is -2.17. The van der Waals surface area contributed by atoms with Gasteiger partial charge in [0.15, 0.2) is 0 Å². The third-order valence-electron chi connectivity index (χ3n) is 2.75. The van der Waals surface area contributed by atoms with Crippen molar-refractivity contribution in [1.29, 1.82) is 0 Å². The Morgan fingerprint density at radius 2 is 1.95 bits per heavy atom. The van der Waals surface area contributed by atoms with Crippen LogP contribution in [0.1, 0.15) is 11.3 Å². The maximum atomic E-state index is 12.2. The molecule has 112 valence electrons. The highest BCUT2D eigenvalue weighted by Gasteiger charge is 2.28. The molecule has 0 spiro atoms. The summed E-state index contributed by atoms with van der Waals surface area (Å²) in [5.41, 5.74) is 2.50. The molecule has 0 aromatic carbocycles. The van der Waals surface area contributed by atoms with E-state index in [0.717, 1.165) is 16.1 Å². The molecule has 20 heavy (non-hydrogen) atoms. The molecule has 2 heterocycles. The van der Waals surface area contributed by atoms with Gasteiger partial charge in [-0.3, -0.25) is 9.36 Å². The quantitative estimate of drug-likeness (QED) is 0.944. The van der Waals surface area contributed by atoms with Crippen molar-refractivity contribution < 1.29 is 13.2 Å². The summed E-state index contributed by atoms with van der Waals surface area (Å²) in [6.07, 6.45) is 0.225. The first kappa shape index (κ1) is 16.4. The third-order valence-corrected chi connectivity index (χ3v) is 2.75. The molecule has 0 amide bonds.